The van der Waals surface area contributed by atoms with Gasteiger partial charge in [0.2, 0.25) is 5.91 Å². The molecule has 136 valence electrons. The fourth-order valence-corrected chi connectivity index (χ4v) is 3.24. The summed E-state index contributed by atoms with van der Waals surface area (Å²) < 4.78 is 6.82. The molecule has 2 atom stereocenters. The van der Waals surface area contributed by atoms with E-state index in [4.69, 9.17) is 10.5 Å². The molecule has 25 heavy (non-hydrogen) atoms. The first-order chi connectivity index (χ1) is 11.5. The van der Waals surface area contributed by atoms with Crippen LogP contribution in [0, 0.1) is 5.92 Å². The fraction of sp³-hybridized carbons (Fsp3) is 0.500. The lowest BCUT2D eigenvalue weighted by molar-refractivity contribution is -0.122. The van der Waals surface area contributed by atoms with E-state index < -0.39 is 5.54 Å². The van der Waals surface area contributed by atoms with Crippen molar-refractivity contribution in [2.75, 3.05) is 12.4 Å². The minimum Gasteiger partial charge on any atom is -0.494 e. The Bertz CT molecular complexity index is 719. The second-order valence-electron chi connectivity index (χ2n) is 6.43. The Balaban J connectivity index is 0.00000225. The molecular formula is C16H23ClN6O2. The number of methoxy groups -OCH3 is 1. The second-order valence-corrected chi connectivity index (χ2v) is 6.43. The van der Waals surface area contributed by atoms with E-state index in [1.54, 1.807) is 25.3 Å². The molecule has 9 heteroatoms. The third-order valence-electron chi connectivity index (χ3n) is 4.61. The highest BCUT2D eigenvalue weighted by molar-refractivity contribution is 5.94. The van der Waals surface area contributed by atoms with Crippen molar-refractivity contribution in [3.8, 4) is 11.4 Å². The van der Waals surface area contributed by atoms with Crippen molar-refractivity contribution < 1.29 is 9.53 Å². The van der Waals surface area contributed by atoms with Crippen LogP contribution in [0.4, 0.5) is 5.69 Å². The number of nitrogens with zero attached hydrogens (tertiary/aromatic N) is 4. The van der Waals surface area contributed by atoms with Gasteiger partial charge in [-0.3, -0.25) is 4.79 Å². The van der Waals surface area contributed by atoms with Gasteiger partial charge >= 0.3 is 0 Å². The molecule has 2 unspecified atom stereocenters. The van der Waals surface area contributed by atoms with Crippen molar-refractivity contribution in [3.05, 3.63) is 24.5 Å². The highest BCUT2D eigenvalue weighted by Gasteiger charge is 2.37. The Morgan fingerprint density at radius 2 is 2.24 bits per heavy atom. The maximum absolute atomic E-state index is 12.7. The van der Waals surface area contributed by atoms with Crippen LogP contribution in [0.2, 0.25) is 0 Å². The highest BCUT2D eigenvalue weighted by atomic mass is 35.5. The minimum absolute atomic E-state index is 0. The van der Waals surface area contributed by atoms with E-state index in [-0.39, 0.29) is 24.2 Å². The van der Waals surface area contributed by atoms with Gasteiger partial charge in [0.1, 0.15) is 17.8 Å². The largest absolute Gasteiger partial charge is 0.494 e. The summed E-state index contributed by atoms with van der Waals surface area (Å²) >= 11 is 0. The van der Waals surface area contributed by atoms with Gasteiger partial charge in [-0.15, -0.1) is 17.5 Å². The van der Waals surface area contributed by atoms with Gasteiger partial charge in [0.05, 0.1) is 13.0 Å². The molecule has 2 aromatic rings. The fourth-order valence-electron chi connectivity index (χ4n) is 3.24. The van der Waals surface area contributed by atoms with Gasteiger partial charge in [0.25, 0.3) is 0 Å². The molecule has 1 heterocycles. The number of benzene rings is 1. The molecule has 3 N–H and O–H groups in total. The molecule has 1 fully saturated rings. The monoisotopic (exact) mass is 366 g/mol. The molecule has 8 nitrogen and oxygen atoms in total. The first-order valence-electron chi connectivity index (χ1n) is 8.02. The maximum Gasteiger partial charge on any atom is 0.229 e. The van der Waals surface area contributed by atoms with Crippen molar-refractivity contribution in [3.63, 3.8) is 0 Å². The number of hydrogen-bond donors (Lipinski definition) is 2. The van der Waals surface area contributed by atoms with E-state index in [0.717, 1.165) is 25.7 Å². The molecule has 0 radical (unpaired) electrons. The van der Waals surface area contributed by atoms with E-state index in [9.17, 15) is 4.79 Å². The third-order valence-corrected chi connectivity index (χ3v) is 4.61. The zero-order chi connectivity index (χ0) is 17.2. The van der Waals surface area contributed by atoms with Gasteiger partial charge in [0, 0.05) is 11.2 Å². The number of carbonyl (C=O) groups excluding carboxylic acids is 1. The number of tetrazole rings is 1. The van der Waals surface area contributed by atoms with Crippen LogP contribution in [0.5, 0.6) is 5.75 Å². The van der Waals surface area contributed by atoms with Gasteiger partial charge in [-0.2, -0.15) is 4.68 Å². The lowest BCUT2D eigenvalue weighted by Gasteiger charge is -2.37. The first-order valence-corrected chi connectivity index (χ1v) is 8.02. The van der Waals surface area contributed by atoms with Gasteiger partial charge in [0.15, 0.2) is 0 Å². The summed E-state index contributed by atoms with van der Waals surface area (Å²) in [4.78, 5) is 12.7. The van der Waals surface area contributed by atoms with Crippen LogP contribution in [-0.4, -0.2) is 38.8 Å². The van der Waals surface area contributed by atoms with Crippen LogP contribution in [0.15, 0.2) is 24.5 Å². The Kier molecular flexibility index (Phi) is 5.97. The highest BCUT2D eigenvalue weighted by Crippen LogP contribution is 2.33. The summed E-state index contributed by atoms with van der Waals surface area (Å²) in [6.07, 6.45) is 5.26. The molecule has 0 spiro atoms. The topological polar surface area (TPSA) is 108 Å². The molecule has 1 aromatic carbocycles. The molecule has 1 aliphatic carbocycles. The first kappa shape index (κ1) is 19.1. The zero-order valence-electron chi connectivity index (χ0n) is 14.3. The number of carbonyl (C=O) groups is 1. The zero-order valence-corrected chi connectivity index (χ0v) is 15.1. The number of hydrogen-bond acceptors (Lipinski definition) is 6. The Labute approximate surface area is 152 Å². The van der Waals surface area contributed by atoms with Crippen LogP contribution in [0.1, 0.15) is 32.6 Å². The van der Waals surface area contributed by atoms with Crippen molar-refractivity contribution in [1.82, 2.24) is 20.2 Å². The molecule has 1 amide bonds. The Hall–Kier alpha value is -2.19. The number of rotatable bonds is 4. The van der Waals surface area contributed by atoms with E-state index in [1.165, 1.54) is 11.0 Å². The van der Waals surface area contributed by atoms with E-state index >= 15 is 0 Å². The van der Waals surface area contributed by atoms with Gasteiger partial charge in [-0.1, -0.05) is 12.8 Å². The lowest BCUT2D eigenvalue weighted by Crippen LogP contribution is -2.51. The van der Waals surface area contributed by atoms with Gasteiger partial charge in [-0.05, 0) is 48.4 Å². The second kappa shape index (κ2) is 7.79. The standard InChI is InChI=1S/C16H22N6O2.ClH/c1-16(17)8-4-3-5-12(16)15(23)19-11-6-7-14(24-2)13(9-11)22-10-18-20-21-22;/h6-7,9-10,12H,3-5,8,17H2,1-2H3,(H,19,23);1H. The number of nitrogens with one attached hydrogen (secondary N) is 1. The number of amides is 1. The lowest BCUT2D eigenvalue weighted by atomic mass is 9.74. The number of aromatic nitrogens is 4. The summed E-state index contributed by atoms with van der Waals surface area (Å²) in [6, 6.07) is 5.35. The van der Waals surface area contributed by atoms with E-state index in [2.05, 4.69) is 20.8 Å². The van der Waals surface area contributed by atoms with Crippen molar-refractivity contribution in [2.24, 2.45) is 11.7 Å². The normalized spacial score (nSPS) is 22.8. The van der Waals surface area contributed by atoms with Gasteiger partial charge in [-0.25, -0.2) is 0 Å². The quantitative estimate of drug-likeness (QED) is 0.856. The van der Waals surface area contributed by atoms with Crippen LogP contribution < -0.4 is 15.8 Å². The SMILES string of the molecule is COc1ccc(NC(=O)C2CCCCC2(C)N)cc1-n1cnnn1.Cl. The maximum atomic E-state index is 12.7. The predicted molar refractivity (Wildman–Crippen MR) is 96.1 cm³/mol. The number of nitrogens with two attached hydrogens (primary N) is 1. The Morgan fingerprint density at radius 1 is 1.44 bits per heavy atom. The predicted octanol–water partition coefficient (Wildman–Crippen LogP) is 1.94. The summed E-state index contributed by atoms with van der Waals surface area (Å²) in [5.41, 5.74) is 7.17. The summed E-state index contributed by atoms with van der Waals surface area (Å²) in [5.74, 6) is 0.374. The van der Waals surface area contributed by atoms with E-state index in [1.807, 2.05) is 6.92 Å². The van der Waals surface area contributed by atoms with Crippen LogP contribution in [0.3, 0.4) is 0 Å². The molecular weight excluding hydrogens is 344 g/mol. The summed E-state index contributed by atoms with van der Waals surface area (Å²) in [7, 11) is 1.57. The smallest absolute Gasteiger partial charge is 0.229 e. The van der Waals surface area contributed by atoms with Crippen molar-refractivity contribution >= 4 is 24.0 Å². The molecule has 1 aromatic heterocycles. The third kappa shape index (κ3) is 4.08. The van der Waals surface area contributed by atoms with Crippen LogP contribution in [-0.2, 0) is 4.79 Å². The summed E-state index contributed by atoms with van der Waals surface area (Å²) in [5, 5.41) is 14.1. The van der Waals surface area contributed by atoms with Crippen LogP contribution in [0.25, 0.3) is 5.69 Å². The molecule has 1 aliphatic rings. The van der Waals surface area contributed by atoms with Crippen LogP contribution >= 0.6 is 12.4 Å². The molecule has 1 saturated carbocycles. The Morgan fingerprint density at radius 3 is 2.88 bits per heavy atom. The average molecular weight is 367 g/mol. The average Bonchev–Trinajstić information content (AvgIpc) is 3.08. The van der Waals surface area contributed by atoms with Crippen molar-refractivity contribution in [1.29, 1.82) is 0 Å². The molecule has 0 bridgehead atoms. The van der Waals surface area contributed by atoms with Gasteiger partial charge < -0.3 is 15.8 Å². The molecule has 3 rings (SSSR count). The summed E-state index contributed by atoms with van der Waals surface area (Å²) in [6.45, 7) is 1.96. The number of ether oxygens (including phenoxy) is 1. The number of anilines is 1. The minimum atomic E-state index is -0.465. The molecule has 0 aliphatic heterocycles. The van der Waals surface area contributed by atoms with E-state index in [0.29, 0.717) is 17.1 Å². The number of halogens is 1. The van der Waals surface area contributed by atoms with Crippen molar-refractivity contribution in [2.45, 2.75) is 38.1 Å². The molecule has 0 saturated heterocycles.